The Morgan fingerprint density at radius 1 is 1.36 bits per heavy atom. The van der Waals surface area contributed by atoms with Crippen LogP contribution in [0.3, 0.4) is 0 Å². The molecule has 1 unspecified atom stereocenters. The zero-order valence-corrected chi connectivity index (χ0v) is 9.89. The second-order valence-electron chi connectivity index (χ2n) is 3.93. The quantitative estimate of drug-likeness (QED) is 0.830. The maximum atomic E-state index is 6.12. The van der Waals surface area contributed by atoms with Crippen molar-refractivity contribution in [1.29, 1.82) is 0 Å². The number of nitrogens with one attached hydrogen (secondary N) is 1. The van der Waals surface area contributed by atoms with Gasteiger partial charge in [-0.25, -0.2) is 0 Å². The van der Waals surface area contributed by atoms with E-state index in [0.29, 0.717) is 12.0 Å². The van der Waals surface area contributed by atoms with Crippen molar-refractivity contribution in [1.82, 2.24) is 4.98 Å². The van der Waals surface area contributed by atoms with Crippen molar-refractivity contribution < 1.29 is 0 Å². The molecule has 1 aromatic rings. The van der Waals surface area contributed by atoms with Gasteiger partial charge in [0.1, 0.15) is 0 Å². The lowest BCUT2D eigenvalue weighted by Crippen LogP contribution is -2.21. The molecule has 0 aromatic carbocycles. The zero-order valence-electron chi connectivity index (χ0n) is 9.13. The minimum absolute atomic E-state index is 0.411. The summed E-state index contributed by atoms with van der Waals surface area (Å²) in [5.74, 6) is 0.583. The van der Waals surface area contributed by atoms with Gasteiger partial charge in [-0.15, -0.1) is 0 Å². The van der Waals surface area contributed by atoms with E-state index in [1.165, 1.54) is 0 Å². The monoisotopic (exact) mass is 212 g/mol. The molecule has 2 nitrogen and oxygen atoms in total. The maximum Gasteiger partial charge on any atom is 0.0849 e. The Kier molecular flexibility index (Phi) is 3.76. The van der Waals surface area contributed by atoms with Crippen LogP contribution in [-0.4, -0.2) is 11.0 Å². The summed E-state index contributed by atoms with van der Waals surface area (Å²) in [7, 11) is 0. The minimum Gasteiger partial charge on any atom is -0.381 e. The number of anilines is 1. The molecule has 0 bridgehead atoms. The third-order valence-electron chi connectivity index (χ3n) is 2.45. The Hall–Kier alpha value is -0.760. The van der Waals surface area contributed by atoms with Gasteiger partial charge in [-0.1, -0.05) is 25.4 Å². The molecule has 1 aromatic heterocycles. The first-order valence-corrected chi connectivity index (χ1v) is 5.27. The molecule has 0 radical (unpaired) electrons. The standard InChI is InChI=1S/C11H17ClN2/c1-7(2)8(3)14-10-5-6-13-9(4)11(10)12/h5-8H,1-4H3,(H,13,14). The molecular formula is C11H17ClN2. The van der Waals surface area contributed by atoms with Gasteiger partial charge in [-0.3, -0.25) is 4.98 Å². The molecule has 0 saturated carbocycles. The number of nitrogens with zero attached hydrogens (tertiary/aromatic N) is 1. The van der Waals surface area contributed by atoms with Gasteiger partial charge in [0.25, 0.3) is 0 Å². The zero-order chi connectivity index (χ0) is 10.7. The van der Waals surface area contributed by atoms with Gasteiger partial charge in [-0.2, -0.15) is 0 Å². The third kappa shape index (κ3) is 2.61. The summed E-state index contributed by atoms with van der Waals surface area (Å²) in [4.78, 5) is 4.12. The van der Waals surface area contributed by atoms with E-state index in [0.717, 1.165) is 16.4 Å². The first-order chi connectivity index (χ1) is 6.52. The molecule has 0 amide bonds. The van der Waals surface area contributed by atoms with Crippen LogP contribution >= 0.6 is 11.6 Å². The molecule has 14 heavy (non-hydrogen) atoms. The molecule has 3 heteroatoms. The first-order valence-electron chi connectivity index (χ1n) is 4.90. The Labute approximate surface area is 90.7 Å². The van der Waals surface area contributed by atoms with Crippen molar-refractivity contribution in [3.63, 3.8) is 0 Å². The molecule has 0 spiro atoms. The molecule has 0 aliphatic carbocycles. The van der Waals surface area contributed by atoms with Gasteiger partial charge in [-0.05, 0) is 25.8 Å². The maximum absolute atomic E-state index is 6.12. The lowest BCUT2D eigenvalue weighted by molar-refractivity contribution is 0.560. The Morgan fingerprint density at radius 3 is 2.57 bits per heavy atom. The summed E-state index contributed by atoms with van der Waals surface area (Å²) in [6.45, 7) is 8.42. The largest absolute Gasteiger partial charge is 0.381 e. The van der Waals surface area contributed by atoms with Crippen LogP contribution in [0.2, 0.25) is 5.02 Å². The van der Waals surface area contributed by atoms with Crippen molar-refractivity contribution in [2.24, 2.45) is 5.92 Å². The van der Waals surface area contributed by atoms with E-state index in [1.807, 2.05) is 13.0 Å². The molecule has 78 valence electrons. The SMILES string of the molecule is Cc1nccc(NC(C)C(C)C)c1Cl. The van der Waals surface area contributed by atoms with Crippen molar-refractivity contribution >= 4 is 17.3 Å². The fraction of sp³-hybridized carbons (Fsp3) is 0.545. The topological polar surface area (TPSA) is 24.9 Å². The van der Waals surface area contributed by atoms with E-state index < -0.39 is 0 Å². The highest BCUT2D eigenvalue weighted by atomic mass is 35.5. The van der Waals surface area contributed by atoms with Crippen LogP contribution in [0.5, 0.6) is 0 Å². The highest BCUT2D eigenvalue weighted by molar-refractivity contribution is 6.33. The van der Waals surface area contributed by atoms with Gasteiger partial charge in [0.2, 0.25) is 0 Å². The molecule has 1 atom stereocenters. The van der Waals surface area contributed by atoms with Gasteiger partial charge < -0.3 is 5.32 Å². The van der Waals surface area contributed by atoms with Crippen LogP contribution < -0.4 is 5.32 Å². The average Bonchev–Trinajstić information content (AvgIpc) is 2.12. The van der Waals surface area contributed by atoms with Crippen molar-refractivity contribution in [3.8, 4) is 0 Å². The second-order valence-corrected chi connectivity index (χ2v) is 4.31. The predicted octanol–water partition coefficient (Wildman–Crippen LogP) is 3.50. The van der Waals surface area contributed by atoms with Gasteiger partial charge in [0, 0.05) is 12.2 Å². The van der Waals surface area contributed by atoms with Crippen molar-refractivity contribution in [2.75, 3.05) is 5.32 Å². The predicted molar refractivity (Wildman–Crippen MR) is 61.9 cm³/mol. The Morgan fingerprint density at radius 2 is 2.00 bits per heavy atom. The number of halogens is 1. The average molecular weight is 213 g/mol. The lowest BCUT2D eigenvalue weighted by atomic mass is 10.1. The van der Waals surface area contributed by atoms with E-state index in [4.69, 9.17) is 11.6 Å². The third-order valence-corrected chi connectivity index (χ3v) is 2.92. The molecule has 0 aliphatic rings. The van der Waals surface area contributed by atoms with E-state index in [-0.39, 0.29) is 0 Å². The van der Waals surface area contributed by atoms with Crippen molar-refractivity contribution in [3.05, 3.63) is 23.0 Å². The van der Waals surface area contributed by atoms with E-state index >= 15 is 0 Å². The highest BCUT2D eigenvalue weighted by Crippen LogP contribution is 2.24. The van der Waals surface area contributed by atoms with Crippen LogP contribution in [0.1, 0.15) is 26.5 Å². The van der Waals surface area contributed by atoms with Crippen LogP contribution in [-0.2, 0) is 0 Å². The van der Waals surface area contributed by atoms with Gasteiger partial charge in [0.05, 0.1) is 16.4 Å². The molecular weight excluding hydrogens is 196 g/mol. The summed E-state index contributed by atoms with van der Waals surface area (Å²) in [5, 5.41) is 4.10. The lowest BCUT2D eigenvalue weighted by Gasteiger charge is -2.19. The summed E-state index contributed by atoms with van der Waals surface area (Å²) in [6.07, 6.45) is 1.77. The minimum atomic E-state index is 0.411. The van der Waals surface area contributed by atoms with Gasteiger partial charge >= 0.3 is 0 Å². The molecule has 0 aliphatic heterocycles. The molecule has 1 N–H and O–H groups in total. The van der Waals surface area contributed by atoms with E-state index in [2.05, 4.69) is 31.1 Å². The number of rotatable bonds is 3. The van der Waals surface area contributed by atoms with Gasteiger partial charge in [0.15, 0.2) is 0 Å². The fourth-order valence-electron chi connectivity index (χ4n) is 1.07. The molecule has 1 heterocycles. The summed E-state index contributed by atoms with van der Waals surface area (Å²) in [5.41, 5.74) is 1.84. The van der Waals surface area contributed by atoms with Crippen molar-refractivity contribution in [2.45, 2.75) is 33.7 Å². The second kappa shape index (κ2) is 4.65. The number of aryl methyl sites for hydroxylation is 1. The summed E-state index contributed by atoms with van der Waals surface area (Å²) < 4.78 is 0. The number of aromatic nitrogens is 1. The fourth-order valence-corrected chi connectivity index (χ4v) is 1.24. The normalized spacial score (nSPS) is 13.0. The van der Waals surface area contributed by atoms with E-state index in [9.17, 15) is 0 Å². The Bertz CT molecular complexity index is 310. The first kappa shape index (κ1) is 11.3. The van der Waals surface area contributed by atoms with E-state index in [1.54, 1.807) is 6.20 Å². The Balaban J connectivity index is 2.82. The summed E-state index contributed by atoms with van der Waals surface area (Å²) in [6, 6.07) is 2.32. The van der Waals surface area contributed by atoms with Crippen LogP contribution in [0.25, 0.3) is 0 Å². The van der Waals surface area contributed by atoms with Crippen LogP contribution in [0.15, 0.2) is 12.3 Å². The smallest absolute Gasteiger partial charge is 0.0849 e. The molecule has 1 rings (SSSR count). The van der Waals surface area contributed by atoms with Crippen LogP contribution in [0.4, 0.5) is 5.69 Å². The number of hydrogen-bond acceptors (Lipinski definition) is 2. The molecule has 0 fully saturated rings. The summed E-state index contributed by atoms with van der Waals surface area (Å²) >= 11 is 6.12. The molecule has 0 saturated heterocycles. The van der Waals surface area contributed by atoms with Crippen LogP contribution in [0, 0.1) is 12.8 Å². The number of pyridine rings is 1. The number of hydrogen-bond donors (Lipinski definition) is 1. The highest BCUT2D eigenvalue weighted by Gasteiger charge is 2.09.